The third-order valence-corrected chi connectivity index (χ3v) is 2.99. The van der Waals surface area contributed by atoms with Gasteiger partial charge < -0.3 is 9.80 Å². The van der Waals surface area contributed by atoms with E-state index in [4.69, 9.17) is 0 Å². The molecule has 0 spiro atoms. The van der Waals surface area contributed by atoms with E-state index in [1.807, 2.05) is 43.3 Å². The van der Waals surface area contributed by atoms with Crippen molar-refractivity contribution >= 4 is 11.6 Å². The van der Waals surface area contributed by atoms with Gasteiger partial charge in [0, 0.05) is 33.4 Å². The molecule has 2 aromatic rings. The summed E-state index contributed by atoms with van der Waals surface area (Å²) < 4.78 is 1.41. The Morgan fingerprint density at radius 3 is 2.45 bits per heavy atom. The summed E-state index contributed by atoms with van der Waals surface area (Å²) in [6.07, 6.45) is 1.43. The zero-order valence-electron chi connectivity index (χ0n) is 11.9. The lowest BCUT2D eigenvalue weighted by atomic mass is 10.2. The number of aromatic nitrogens is 4. The van der Waals surface area contributed by atoms with Crippen LogP contribution in [0.2, 0.25) is 0 Å². The molecule has 0 atom stereocenters. The van der Waals surface area contributed by atoms with Crippen LogP contribution in [0.3, 0.4) is 0 Å². The number of carbonyl (C=O) groups excluding carboxylic acids is 1. The van der Waals surface area contributed by atoms with Gasteiger partial charge in [-0.2, -0.15) is 0 Å². The summed E-state index contributed by atoms with van der Waals surface area (Å²) in [5, 5.41) is 10.7. The number of anilines is 1. The average molecular weight is 274 g/mol. The molecule has 0 bridgehead atoms. The van der Waals surface area contributed by atoms with Crippen molar-refractivity contribution in [3.63, 3.8) is 0 Å². The van der Waals surface area contributed by atoms with Crippen molar-refractivity contribution in [2.45, 2.75) is 13.1 Å². The van der Waals surface area contributed by atoms with Gasteiger partial charge in [-0.15, -0.1) is 5.10 Å². The molecule has 1 aromatic heterocycles. The van der Waals surface area contributed by atoms with E-state index in [2.05, 4.69) is 15.5 Å². The first-order valence-electron chi connectivity index (χ1n) is 6.27. The Hall–Kier alpha value is -2.44. The maximum Gasteiger partial charge on any atom is 0.244 e. The number of amides is 1. The molecule has 0 N–H and O–H groups in total. The number of hydrogen-bond donors (Lipinski definition) is 0. The Morgan fingerprint density at radius 1 is 1.20 bits per heavy atom. The molecule has 106 valence electrons. The van der Waals surface area contributed by atoms with Crippen molar-refractivity contribution < 1.29 is 4.79 Å². The smallest absolute Gasteiger partial charge is 0.244 e. The third kappa shape index (κ3) is 3.53. The van der Waals surface area contributed by atoms with Crippen molar-refractivity contribution in [3.8, 4) is 0 Å². The number of tetrazole rings is 1. The summed E-state index contributed by atoms with van der Waals surface area (Å²) in [5.74, 6) is -0.0333. The van der Waals surface area contributed by atoms with Crippen molar-refractivity contribution in [1.82, 2.24) is 25.1 Å². The molecule has 1 aromatic carbocycles. The van der Waals surface area contributed by atoms with Crippen LogP contribution >= 0.6 is 0 Å². The molecule has 0 saturated heterocycles. The molecule has 0 aliphatic carbocycles. The highest BCUT2D eigenvalue weighted by atomic mass is 16.2. The number of nitrogens with zero attached hydrogens (tertiary/aromatic N) is 6. The fourth-order valence-corrected chi connectivity index (χ4v) is 1.77. The molecule has 0 unspecified atom stereocenters. The second kappa shape index (κ2) is 6.14. The van der Waals surface area contributed by atoms with Crippen molar-refractivity contribution in [2.75, 3.05) is 26.0 Å². The van der Waals surface area contributed by atoms with Gasteiger partial charge in [-0.3, -0.25) is 4.79 Å². The highest BCUT2D eigenvalue weighted by Crippen LogP contribution is 2.13. The van der Waals surface area contributed by atoms with Crippen LogP contribution < -0.4 is 4.90 Å². The SMILES string of the molecule is CN(Cc1ccc(N(C)C)cc1)C(=O)Cn1cnnn1. The summed E-state index contributed by atoms with van der Waals surface area (Å²) in [7, 11) is 5.76. The minimum atomic E-state index is -0.0333. The van der Waals surface area contributed by atoms with Gasteiger partial charge in [-0.05, 0) is 28.1 Å². The molecule has 0 radical (unpaired) electrons. The number of likely N-dealkylation sites (N-methyl/N-ethyl adjacent to an activating group) is 1. The van der Waals surface area contributed by atoms with Crippen molar-refractivity contribution in [1.29, 1.82) is 0 Å². The van der Waals surface area contributed by atoms with Crippen LogP contribution in [0.5, 0.6) is 0 Å². The van der Waals surface area contributed by atoms with Gasteiger partial charge in [0.05, 0.1) is 0 Å². The molecule has 0 aliphatic heterocycles. The molecule has 1 heterocycles. The summed E-state index contributed by atoms with van der Waals surface area (Å²) in [6.45, 7) is 0.716. The predicted octanol–water partition coefficient (Wildman–Crippen LogP) is 0.398. The van der Waals surface area contributed by atoms with Crippen LogP contribution in [-0.4, -0.2) is 52.2 Å². The van der Waals surface area contributed by atoms with Crippen molar-refractivity contribution in [2.24, 2.45) is 0 Å². The Kier molecular flexibility index (Phi) is 4.29. The van der Waals surface area contributed by atoms with E-state index in [0.717, 1.165) is 11.3 Å². The highest BCUT2D eigenvalue weighted by molar-refractivity contribution is 5.75. The molecule has 0 aliphatic rings. The normalized spacial score (nSPS) is 10.3. The molecular weight excluding hydrogens is 256 g/mol. The lowest BCUT2D eigenvalue weighted by Crippen LogP contribution is -2.30. The largest absolute Gasteiger partial charge is 0.378 e. The fourth-order valence-electron chi connectivity index (χ4n) is 1.77. The minimum Gasteiger partial charge on any atom is -0.378 e. The Balaban J connectivity index is 1.93. The Bertz CT molecular complexity index is 549. The molecule has 0 fully saturated rings. The van der Waals surface area contributed by atoms with Gasteiger partial charge in [-0.25, -0.2) is 4.68 Å². The van der Waals surface area contributed by atoms with E-state index in [0.29, 0.717) is 6.54 Å². The Morgan fingerprint density at radius 2 is 1.90 bits per heavy atom. The van der Waals surface area contributed by atoms with E-state index >= 15 is 0 Å². The van der Waals surface area contributed by atoms with E-state index in [1.54, 1.807) is 11.9 Å². The maximum atomic E-state index is 12.0. The monoisotopic (exact) mass is 274 g/mol. The van der Waals surface area contributed by atoms with E-state index in [-0.39, 0.29) is 12.5 Å². The first-order chi connectivity index (χ1) is 9.56. The molecule has 20 heavy (non-hydrogen) atoms. The van der Waals surface area contributed by atoms with Gasteiger partial charge in [0.1, 0.15) is 12.9 Å². The molecule has 7 nitrogen and oxygen atoms in total. The van der Waals surface area contributed by atoms with Crippen LogP contribution in [0.15, 0.2) is 30.6 Å². The fraction of sp³-hybridized carbons (Fsp3) is 0.385. The molecule has 2 rings (SSSR count). The summed E-state index contributed by atoms with van der Waals surface area (Å²) in [4.78, 5) is 15.7. The van der Waals surface area contributed by atoms with Gasteiger partial charge in [0.15, 0.2) is 0 Å². The number of rotatable bonds is 5. The highest BCUT2D eigenvalue weighted by Gasteiger charge is 2.10. The second-order valence-electron chi connectivity index (χ2n) is 4.82. The van der Waals surface area contributed by atoms with E-state index < -0.39 is 0 Å². The third-order valence-electron chi connectivity index (χ3n) is 2.99. The van der Waals surface area contributed by atoms with Crippen LogP contribution in [0, 0.1) is 0 Å². The van der Waals surface area contributed by atoms with Crippen LogP contribution in [-0.2, 0) is 17.9 Å². The quantitative estimate of drug-likeness (QED) is 0.789. The van der Waals surface area contributed by atoms with Crippen molar-refractivity contribution in [3.05, 3.63) is 36.2 Å². The van der Waals surface area contributed by atoms with E-state index in [9.17, 15) is 4.79 Å². The molecule has 0 saturated carbocycles. The lowest BCUT2D eigenvalue weighted by molar-refractivity contribution is -0.131. The number of carbonyl (C=O) groups is 1. The van der Waals surface area contributed by atoms with Crippen LogP contribution in [0.4, 0.5) is 5.69 Å². The maximum absolute atomic E-state index is 12.0. The minimum absolute atomic E-state index is 0.0333. The first-order valence-corrected chi connectivity index (χ1v) is 6.27. The number of hydrogen-bond acceptors (Lipinski definition) is 5. The predicted molar refractivity (Wildman–Crippen MR) is 75.1 cm³/mol. The molecular formula is C13H18N6O. The topological polar surface area (TPSA) is 67.2 Å². The standard InChI is InChI=1S/C13H18N6O/c1-17(2)12-6-4-11(5-7-12)8-18(3)13(20)9-19-10-14-15-16-19/h4-7,10H,8-9H2,1-3H3. The summed E-state index contributed by atoms with van der Waals surface area (Å²) in [5.41, 5.74) is 2.22. The van der Waals surface area contributed by atoms with Gasteiger partial charge in [-0.1, -0.05) is 12.1 Å². The average Bonchev–Trinajstić information content (AvgIpc) is 2.92. The zero-order valence-corrected chi connectivity index (χ0v) is 11.9. The molecule has 1 amide bonds. The van der Waals surface area contributed by atoms with Gasteiger partial charge in [0.25, 0.3) is 0 Å². The van der Waals surface area contributed by atoms with Gasteiger partial charge >= 0.3 is 0 Å². The second-order valence-corrected chi connectivity index (χ2v) is 4.82. The lowest BCUT2D eigenvalue weighted by Gasteiger charge is -2.18. The van der Waals surface area contributed by atoms with Gasteiger partial charge in [0.2, 0.25) is 5.91 Å². The molecule has 7 heteroatoms. The number of benzene rings is 1. The van der Waals surface area contributed by atoms with Crippen LogP contribution in [0.1, 0.15) is 5.56 Å². The zero-order chi connectivity index (χ0) is 14.5. The summed E-state index contributed by atoms with van der Waals surface area (Å²) >= 11 is 0. The van der Waals surface area contributed by atoms with Crippen LogP contribution in [0.25, 0.3) is 0 Å². The Labute approximate surface area is 117 Å². The summed E-state index contributed by atoms with van der Waals surface area (Å²) in [6, 6.07) is 8.12. The van der Waals surface area contributed by atoms with E-state index in [1.165, 1.54) is 11.0 Å². The first kappa shape index (κ1) is 14.0.